The number of likely N-dealkylation sites (tertiary alicyclic amines) is 1. The second-order valence-electron chi connectivity index (χ2n) is 7.36. The number of nitro groups is 1. The van der Waals surface area contributed by atoms with E-state index in [1.807, 2.05) is 29.2 Å². The van der Waals surface area contributed by atoms with Gasteiger partial charge in [0.2, 0.25) is 5.91 Å². The molecule has 0 spiro atoms. The third kappa shape index (κ3) is 3.57. The van der Waals surface area contributed by atoms with Crippen molar-refractivity contribution in [2.24, 2.45) is 5.92 Å². The molecule has 0 aromatic heterocycles. The average molecular weight is 397 g/mol. The number of carbonyl (C=O) groups is 2. The van der Waals surface area contributed by atoms with Crippen molar-refractivity contribution in [2.75, 3.05) is 24.5 Å². The van der Waals surface area contributed by atoms with Gasteiger partial charge in [-0.1, -0.05) is 18.2 Å². The van der Waals surface area contributed by atoms with Crippen LogP contribution in [0, 0.1) is 21.8 Å². The molecule has 0 N–H and O–H groups in total. The highest BCUT2D eigenvalue weighted by molar-refractivity contribution is 5.98. The van der Waals surface area contributed by atoms with Gasteiger partial charge in [0.25, 0.3) is 11.6 Å². The van der Waals surface area contributed by atoms with Crippen LogP contribution >= 0.6 is 0 Å². The van der Waals surface area contributed by atoms with Crippen LogP contribution in [0.3, 0.4) is 0 Å². The van der Waals surface area contributed by atoms with Crippen LogP contribution < -0.4 is 4.90 Å². The Labute approximate surface area is 166 Å². The molecular weight excluding hydrogens is 377 g/mol. The first-order valence-corrected chi connectivity index (χ1v) is 9.58. The van der Waals surface area contributed by atoms with Crippen molar-refractivity contribution in [3.05, 3.63) is 69.5 Å². The molecule has 1 saturated heterocycles. The van der Waals surface area contributed by atoms with E-state index < -0.39 is 22.3 Å². The molecule has 29 heavy (non-hydrogen) atoms. The summed E-state index contributed by atoms with van der Waals surface area (Å²) < 4.78 is 14.2. The first-order valence-electron chi connectivity index (χ1n) is 9.58. The van der Waals surface area contributed by atoms with E-state index in [0.29, 0.717) is 32.5 Å². The predicted molar refractivity (Wildman–Crippen MR) is 104 cm³/mol. The molecule has 4 rings (SSSR count). The quantitative estimate of drug-likeness (QED) is 0.588. The minimum atomic E-state index is -0.906. The zero-order valence-corrected chi connectivity index (χ0v) is 15.7. The number of para-hydroxylation sites is 1. The number of halogens is 1. The molecule has 2 heterocycles. The van der Waals surface area contributed by atoms with Gasteiger partial charge >= 0.3 is 0 Å². The van der Waals surface area contributed by atoms with E-state index >= 15 is 0 Å². The molecule has 0 unspecified atom stereocenters. The molecule has 2 aliphatic heterocycles. The molecule has 0 radical (unpaired) electrons. The van der Waals surface area contributed by atoms with E-state index in [1.165, 1.54) is 10.5 Å². The van der Waals surface area contributed by atoms with Crippen molar-refractivity contribution >= 4 is 23.2 Å². The largest absolute Gasteiger partial charge is 0.339 e. The number of rotatable bonds is 3. The van der Waals surface area contributed by atoms with Crippen molar-refractivity contribution in [3.63, 3.8) is 0 Å². The second kappa shape index (κ2) is 7.62. The maximum Gasteiger partial charge on any atom is 0.272 e. The summed E-state index contributed by atoms with van der Waals surface area (Å²) in [4.78, 5) is 38.9. The highest BCUT2D eigenvalue weighted by Gasteiger charge is 2.34. The number of hydrogen-bond acceptors (Lipinski definition) is 4. The zero-order valence-electron chi connectivity index (χ0n) is 15.7. The predicted octanol–water partition coefficient (Wildman–Crippen LogP) is 3.18. The second-order valence-corrected chi connectivity index (χ2v) is 7.36. The summed E-state index contributed by atoms with van der Waals surface area (Å²) in [5.74, 6) is -1.51. The Hall–Kier alpha value is -3.29. The SMILES string of the molecule is O=C(c1ccc([N+](=O)[O-])cc1F)N1CCC(C(=O)N2CCc3ccccc32)CC1. The number of fused-ring (bicyclic) bond motifs is 1. The highest BCUT2D eigenvalue weighted by atomic mass is 19.1. The fourth-order valence-corrected chi connectivity index (χ4v) is 4.08. The normalized spacial score (nSPS) is 16.6. The number of benzene rings is 2. The molecule has 2 aliphatic rings. The summed E-state index contributed by atoms with van der Waals surface area (Å²) in [6, 6.07) is 10.9. The van der Waals surface area contributed by atoms with Crippen LogP contribution in [0.1, 0.15) is 28.8 Å². The Morgan fingerprint density at radius 3 is 2.48 bits per heavy atom. The lowest BCUT2D eigenvalue weighted by atomic mass is 9.94. The van der Waals surface area contributed by atoms with Crippen molar-refractivity contribution in [1.82, 2.24) is 4.90 Å². The van der Waals surface area contributed by atoms with E-state index in [1.54, 1.807) is 0 Å². The lowest BCUT2D eigenvalue weighted by molar-refractivity contribution is -0.385. The Morgan fingerprint density at radius 2 is 1.79 bits per heavy atom. The lowest BCUT2D eigenvalue weighted by Crippen LogP contribution is -2.44. The lowest BCUT2D eigenvalue weighted by Gasteiger charge is -2.33. The molecule has 2 aromatic carbocycles. The summed E-state index contributed by atoms with van der Waals surface area (Å²) in [6.45, 7) is 1.37. The summed E-state index contributed by atoms with van der Waals surface area (Å²) in [5.41, 5.74) is 1.55. The number of amides is 2. The number of anilines is 1. The molecule has 0 atom stereocenters. The summed E-state index contributed by atoms with van der Waals surface area (Å²) in [7, 11) is 0. The van der Waals surface area contributed by atoms with Gasteiger partial charge in [0.05, 0.1) is 16.6 Å². The first-order chi connectivity index (χ1) is 14.0. The Balaban J connectivity index is 1.40. The monoisotopic (exact) mass is 397 g/mol. The van der Waals surface area contributed by atoms with Gasteiger partial charge in [-0.3, -0.25) is 19.7 Å². The first kappa shape index (κ1) is 19.0. The van der Waals surface area contributed by atoms with Crippen LogP contribution in [-0.2, 0) is 11.2 Å². The minimum Gasteiger partial charge on any atom is -0.339 e. The number of piperidine rings is 1. The molecule has 2 aromatic rings. The van der Waals surface area contributed by atoms with Gasteiger partial charge in [-0.25, -0.2) is 4.39 Å². The summed E-state index contributed by atoms with van der Waals surface area (Å²) in [6.07, 6.45) is 1.87. The fourth-order valence-electron chi connectivity index (χ4n) is 4.08. The Morgan fingerprint density at radius 1 is 1.07 bits per heavy atom. The van der Waals surface area contributed by atoms with Crippen LogP contribution in [0.5, 0.6) is 0 Å². The molecular formula is C21H20FN3O4. The van der Waals surface area contributed by atoms with Gasteiger partial charge in [-0.05, 0) is 37.0 Å². The van der Waals surface area contributed by atoms with Crippen molar-refractivity contribution in [1.29, 1.82) is 0 Å². The zero-order chi connectivity index (χ0) is 20.5. The van der Waals surface area contributed by atoms with Crippen LogP contribution in [0.2, 0.25) is 0 Å². The van der Waals surface area contributed by atoms with E-state index in [0.717, 1.165) is 30.3 Å². The van der Waals surface area contributed by atoms with Crippen LogP contribution in [0.4, 0.5) is 15.8 Å². The third-order valence-electron chi connectivity index (χ3n) is 5.68. The maximum absolute atomic E-state index is 14.2. The van der Waals surface area contributed by atoms with E-state index in [4.69, 9.17) is 0 Å². The molecule has 0 aliphatic carbocycles. The molecule has 8 heteroatoms. The molecule has 2 amide bonds. The molecule has 0 saturated carbocycles. The summed E-state index contributed by atoms with van der Waals surface area (Å²) >= 11 is 0. The van der Waals surface area contributed by atoms with Crippen molar-refractivity contribution < 1.29 is 18.9 Å². The number of nitro benzene ring substituents is 1. The van der Waals surface area contributed by atoms with Crippen LogP contribution in [0.15, 0.2) is 42.5 Å². The van der Waals surface area contributed by atoms with Crippen molar-refractivity contribution in [2.45, 2.75) is 19.3 Å². The Kier molecular flexibility index (Phi) is 5.00. The fraction of sp³-hybridized carbons (Fsp3) is 0.333. The minimum absolute atomic E-state index is 0.0727. The van der Waals surface area contributed by atoms with E-state index in [9.17, 15) is 24.1 Å². The van der Waals surface area contributed by atoms with E-state index in [-0.39, 0.29) is 17.4 Å². The van der Waals surface area contributed by atoms with Gasteiger partial charge in [-0.2, -0.15) is 0 Å². The third-order valence-corrected chi connectivity index (χ3v) is 5.68. The smallest absolute Gasteiger partial charge is 0.272 e. The average Bonchev–Trinajstić information content (AvgIpc) is 3.17. The van der Waals surface area contributed by atoms with Gasteiger partial charge in [0.1, 0.15) is 5.82 Å². The maximum atomic E-state index is 14.2. The molecule has 7 nitrogen and oxygen atoms in total. The standard InChI is InChI=1S/C21H20FN3O4/c22-18-13-16(25(28)29)5-6-17(18)21(27)23-10-7-15(8-11-23)20(26)24-12-9-14-3-1-2-4-19(14)24/h1-6,13,15H,7-12H2. The van der Waals surface area contributed by atoms with Gasteiger partial charge < -0.3 is 9.80 Å². The number of carbonyl (C=O) groups excluding carboxylic acids is 2. The van der Waals surface area contributed by atoms with Gasteiger partial charge in [-0.15, -0.1) is 0 Å². The molecule has 0 bridgehead atoms. The number of non-ortho nitro benzene ring substituents is 1. The van der Waals surface area contributed by atoms with E-state index in [2.05, 4.69) is 0 Å². The van der Waals surface area contributed by atoms with Gasteiger partial charge in [0.15, 0.2) is 0 Å². The van der Waals surface area contributed by atoms with Gasteiger partial charge in [0, 0.05) is 37.3 Å². The highest BCUT2D eigenvalue weighted by Crippen LogP contribution is 2.31. The number of nitrogens with zero attached hydrogens (tertiary/aromatic N) is 3. The molecule has 150 valence electrons. The summed E-state index contributed by atoms with van der Waals surface area (Å²) in [5, 5.41) is 10.7. The topological polar surface area (TPSA) is 83.8 Å². The Bertz CT molecular complexity index is 986. The van der Waals surface area contributed by atoms with Crippen LogP contribution in [-0.4, -0.2) is 41.3 Å². The molecule has 1 fully saturated rings. The number of hydrogen-bond donors (Lipinski definition) is 0. The van der Waals surface area contributed by atoms with Crippen LogP contribution in [0.25, 0.3) is 0 Å². The van der Waals surface area contributed by atoms with Crippen molar-refractivity contribution in [3.8, 4) is 0 Å².